The van der Waals surface area contributed by atoms with E-state index in [1.54, 1.807) is 24.3 Å². The van der Waals surface area contributed by atoms with Gasteiger partial charge >= 0.3 is 28.4 Å². The maximum atomic E-state index is 5.70. The van der Waals surface area contributed by atoms with Gasteiger partial charge in [-0.2, -0.15) is 76.7 Å². The second-order valence-electron chi connectivity index (χ2n) is 16.0. The minimum atomic E-state index is 0.0380. The van der Waals surface area contributed by atoms with E-state index >= 15 is 0 Å². The van der Waals surface area contributed by atoms with E-state index < -0.39 is 0 Å². The fraction of sp³-hybridized carbons (Fsp3) is 0.226. The van der Waals surface area contributed by atoms with Gasteiger partial charge < -0.3 is 0 Å². The Balaban J connectivity index is 0.000000239. The predicted molar refractivity (Wildman–Crippen MR) is 251 cm³/mol. The van der Waals surface area contributed by atoms with Gasteiger partial charge in [-0.05, 0) is 39.5 Å². The molecular formula is C53H50Cl4Zr-4. The normalized spacial score (nSPS) is 12.0. The van der Waals surface area contributed by atoms with Gasteiger partial charge in [-0.3, -0.25) is 6.08 Å². The molecule has 0 radical (unpaired) electrons. The Kier molecular flexibility index (Phi) is 17.8. The average molecular weight is 920 g/mol. The van der Waals surface area contributed by atoms with Crippen molar-refractivity contribution in [2.45, 2.75) is 79.1 Å². The minimum absolute atomic E-state index is 0.0380. The van der Waals surface area contributed by atoms with Crippen molar-refractivity contribution in [2.24, 2.45) is 0 Å². The molecule has 8 rings (SSSR count). The Morgan fingerprint density at radius 1 is 0.603 bits per heavy atom. The van der Waals surface area contributed by atoms with Gasteiger partial charge in [-0.25, -0.2) is 12.2 Å². The van der Waals surface area contributed by atoms with Crippen LogP contribution in [0.2, 0.25) is 20.1 Å². The van der Waals surface area contributed by atoms with Crippen molar-refractivity contribution in [2.75, 3.05) is 0 Å². The quantitative estimate of drug-likeness (QED) is 0.152. The molecule has 2 aliphatic carbocycles. The molecule has 0 unspecified atom stereocenters. The summed E-state index contributed by atoms with van der Waals surface area (Å²) in [4.78, 5) is 0. The summed E-state index contributed by atoms with van der Waals surface area (Å²) in [5, 5.41) is 2.60. The van der Waals surface area contributed by atoms with E-state index in [2.05, 4.69) is 155 Å². The molecule has 0 amide bonds. The van der Waals surface area contributed by atoms with Crippen molar-refractivity contribution in [1.29, 1.82) is 0 Å². The molecule has 298 valence electrons. The molecule has 2 aliphatic rings. The van der Waals surface area contributed by atoms with Crippen LogP contribution in [0.3, 0.4) is 0 Å². The summed E-state index contributed by atoms with van der Waals surface area (Å²) < 4.78 is 3.34. The second-order valence-corrected chi connectivity index (χ2v) is 17.7. The van der Waals surface area contributed by atoms with Crippen molar-refractivity contribution in [3.8, 4) is 33.4 Å². The van der Waals surface area contributed by atoms with Gasteiger partial charge in [0.1, 0.15) is 0 Å². The molecule has 0 aromatic heterocycles. The monoisotopic (exact) mass is 916 g/mol. The zero-order chi connectivity index (χ0) is 42.6. The zero-order valence-corrected chi connectivity index (χ0v) is 40.2. The number of fused-ring (bicyclic) bond motifs is 3. The van der Waals surface area contributed by atoms with Crippen LogP contribution >= 0.6 is 46.4 Å². The van der Waals surface area contributed by atoms with E-state index in [4.69, 9.17) is 46.4 Å². The van der Waals surface area contributed by atoms with Crippen molar-refractivity contribution in [1.82, 2.24) is 0 Å². The summed E-state index contributed by atoms with van der Waals surface area (Å²) in [5.74, 6) is 0. The molecule has 58 heavy (non-hydrogen) atoms. The number of hydrogen-bond acceptors (Lipinski definition) is 0. The first kappa shape index (κ1) is 47.4. The number of halogens is 4. The fourth-order valence-corrected chi connectivity index (χ4v) is 7.26. The molecule has 0 N–H and O–H groups in total. The van der Waals surface area contributed by atoms with Gasteiger partial charge in [-0.15, -0.1) is 58.5 Å². The molecule has 0 saturated carbocycles. The van der Waals surface area contributed by atoms with Crippen LogP contribution in [0.4, 0.5) is 0 Å². The third kappa shape index (κ3) is 13.1. The standard InChI is InChI=1S/C33H33.2C7H5Cl2.C5H5.CH2.Zr/c1-32(2,3)30-20-26-24(18-28(30)22-13-9-7-10-14-22)17-25-19-29(23-15-11-8-12-16-23)31(21-27(25)26)33(4,5)6;2*1-5-2-3-6(8)4-7(5)9;1-2-4-5-3-1;;/h7-16,18,20-21H,17H2,1-6H3;2*3-4H,1H3;1-3H,4H2;1H2;/q4*-1;;. The van der Waals surface area contributed by atoms with Crippen molar-refractivity contribution in [3.05, 3.63) is 199 Å². The summed E-state index contributed by atoms with van der Waals surface area (Å²) >= 11 is 23.9. The summed E-state index contributed by atoms with van der Waals surface area (Å²) in [6.45, 7) is 17.7. The van der Waals surface area contributed by atoms with Gasteiger partial charge in [0.25, 0.3) is 0 Å². The van der Waals surface area contributed by atoms with Crippen molar-refractivity contribution >= 4 is 50.6 Å². The van der Waals surface area contributed by atoms with Crippen molar-refractivity contribution < 1.29 is 24.2 Å². The Labute approximate surface area is 383 Å². The number of benzene rings is 6. The van der Waals surface area contributed by atoms with Crippen LogP contribution in [0.25, 0.3) is 33.4 Å². The average Bonchev–Trinajstić information content (AvgIpc) is 3.90. The zero-order valence-electron chi connectivity index (χ0n) is 34.7. The number of rotatable bonds is 2. The summed E-state index contributed by atoms with van der Waals surface area (Å²) in [6.07, 6.45) is 10.9. The molecule has 0 saturated heterocycles. The molecule has 0 aliphatic heterocycles. The molecule has 0 atom stereocenters. The molecule has 0 heterocycles. The molecule has 6 aromatic rings. The van der Waals surface area contributed by atoms with Crippen molar-refractivity contribution in [3.63, 3.8) is 0 Å². The van der Waals surface area contributed by atoms with E-state index in [0.717, 1.165) is 24.0 Å². The third-order valence-electron chi connectivity index (χ3n) is 9.51. The van der Waals surface area contributed by atoms with Crippen LogP contribution in [0.5, 0.6) is 0 Å². The predicted octanol–water partition coefficient (Wildman–Crippen LogP) is 16.5. The van der Waals surface area contributed by atoms with E-state index in [9.17, 15) is 0 Å². The first-order valence-electron chi connectivity index (χ1n) is 19.1. The SMILES string of the molecule is CC(C)(C)c1cc2c([c-]c1-c1ccccc1)Cc1cc(-c3ccccc3)c(C(C)(C)C)cc1-2.Cc1[c-]cc(Cl)cc1Cl.Cc1[c-]cc(Cl)cc1Cl.[C-]1=CC=CC1.[CH2]=[Zr]. The third-order valence-corrected chi connectivity index (χ3v) is 10.7. The Hall–Kier alpha value is -3.29. The second kappa shape index (κ2) is 21.8. The number of aryl methyl sites for hydroxylation is 2. The first-order valence-corrected chi connectivity index (χ1v) is 22.4. The molecule has 0 nitrogen and oxygen atoms in total. The van der Waals surface area contributed by atoms with Gasteiger partial charge in [0.2, 0.25) is 0 Å². The number of hydrogen-bond donors (Lipinski definition) is 0. The Bertz CT molecular complexity index is 2180. The van der Waals surface area contributed by atoms with E-state index in [1.807, 2.05) is 26.0 Å². The van der Waals surface area contributed by atoms with Gasteiger partial charge in [-0.1, -0.05) is 165 Å². The number of allylic oxidation sites excluding steroid dienone is 4. The van der Waals surface area contributed by atoms with E-state index in [0.29, 0.717) is 20.1 Å². The molecule has 5 heteroatoms. The fourth-order valence-electron chi connectivity index (χ4n) is 6.48. The van der Waals surface area contributed by atoms with Crippen LogP contribution in [-0.2, 0) is 41.5 Å². The summed E-state index contributed by atoms with van der Waals surface area (Å²) in [6, 6.07) is 45.4. The topological polar surface area (TPSA) is 0 Å². The summed E-state index contributed by atoms with van der Waals surface area (Å²) in [7, 11) is 0. The van der Waals surface area contributed by atoms with Gasteiger partial charge in [0.05, 0.1) is 0 Å². The van der Waals surface area contributed by atoms with Gasteiger partial charge in [0.15, 0.2) is 0 Å². The molecule has 0 fully saturated rings. The van der Waals surface area contributed by atoms with E-state index in [-0.39, 0.29) is 10.8 Å². The first-order chi connectivity index (χ1) is 27.5. The molecule has 0 spiro atoms. The summed E-state index contributed by atoms with van der Waals surface area (Å²) in [5.41, 5.74) is 15.4. The van der Waals surface area contributed by atoms with Gasteiger partial charge in [0, 0.05) is 0 Å². The molecule has 6 aromatic carbocycles. The van der Waals surface area contributed by atoms with Crippen LogP contribution in [0.1, 0.15) is 81.3 Å². The van der Waals surface area contributed by atoms with Crippen LogP contribution in [0, 0.1) is 38.1 Å². The van der Waals surface area contributed by atoms with E-state index in [1.165, 1.54) is 79.9 Å². The Morgan fingerprint density at radius 3 is 1.52 bits per heavy atom. The molecular weight excluding hydrogens is 870 g/mol. The van der Waals surface area contributed by atoms with Crippen LogP contribution < -0.4 is 0 Å². The van der Waals surface area contributed by atoms with Crippen LogP contribution in [0.15, 0.2) is 121 Å². The molecule has 0 bridgehead atoms. The van der Waals surface area contributed by atoms with Crippen LogP contribution in [-0.4, -0.2) is 4.21 Å². The maximum absolute atomic E-state index is 5.70. The Morgan fingerprint density at radius 2 is 1.10 bits per heavy atom.